The number of rotatable bonds is 3. The summed E-state index contributed by atoms with van der Waals surface area (Å²) in [5.74, 6) is -1.26. The molecular weight excluding hydrogens is 263 g/mol. The predicted octanol–water partition coefficient (Wildman–Crippen LogP) is 2.68. The number of hydrogen-bond acceptors (Lipinski definition) is 2. The van der Waals surface area contributed by atoms with Gasteiger partial charge in [0.25, 0.3) is 5.56 Å². The van der Waals surface area contributed by atoms with Crippen LogP contribution in [0.4, 0.5) is 13.2 Å². The molecule has 4 nitrogen and oxygen atoms in total. The van der Waals surface area contributed by atoms with Crippen molar-refractivity contribution in [2.75, 3.05) is 0 Å². The Morgan fingerprint density at radius 3 is 2.37 bits per heavy atom. The van der Waals surface area contributed by atoms with E-state index in [-0.39, 0.29) is 16.8 Å². The number of carboxylic acids is 1. The molecule has 0 aliphatic rings. The maximum Gasteiger partial charge on any atom is 0.391 e. The number of aromatic nitrogens is 1. The van der Waals surface area contributed by atoms with Crippen molar-refractivity contribution in [1.29, 1.82) is 0 Å². The Kier molecular flexibility index (Phi) is 4.07. The molecule has 0 radical (unpaired) electrons. The number of pyridine rings is 1. The zero-order valence-electron chi connectivity index (χ0n) is 10.7. The largest absolute Gasteiger partial charge is 0.478 e. The van der Waals surface area contributed by atoms with E-state index in [1.165, 1.54) is 20.8 Å². The summed E-state index contributed by atoms with van der Waals surface area (Å²) in [7, 11) is 0. The van der Waals surface area contributed by atoms with Gasteiger partial charge >= 0.3 is 12.1 Å². The smallest absolute Gasteiger partial charge is 0.391 e. The summed E-state index contributed by atoms with van der Waals surface area (Å²) in [4.78, 5) is 22.8. The van der Waals surface area contributed by atoms with E-state index in [1.807, 2.05) is 0 Å². The van der Waals surface area contributed by atoms with E-state index in [2.05, 4.69) is 0 Å². The Labute approximate surface area is 107 Å². The first-order chi connectivity index (χ1) is 8.54. The van der Waals surface area contributed by atoms with Crippen LogP contribution in [0.2, 0.25) is 0 Å². The van der Waals surface area contributed by atoms with Crippen LogP contribution in [-0.4, -0.2) is 21.8 Å². The summed E-state index contributed by atoms with van der Waals surface area (Å²) < 4.78 is 38.0. The lowest BCUT2D eigenvalue weighted by Crippen LogP contribution is -2.30. The van der Waals surface area contributed by atoms with Crippen molar-refractivity contribution in [3.05, 3.63) is 33.2 Å². The second-order valence-corrected chi connectivity index (χ2v) is 4.47. The van der Waals surface area contributed by atoms with Crippen LogP contribution in [0.15, 0.2) is 10.9 Å². The third-order valence-corrected chi connectivity index (χ3v) is 2.88. The quantitative estimate of drug-likeness (QED) is 0.924. The van der Waals surface area contributed by atoms with E-state index in [0.29, 0.717) is 0 Å². The van der Waals surface area contributed by atoms with Crippen molar-refractivity contribution in [3.8, 4) is 0 Å². The summed E-state index contributed by atoms with van der Waals surface area (Å²) >= 11 is 0. The lowest BCUT2D eigenvalue weighted by Gasteiger charge is -2.21. The fourth-order valence-corrected chi connectivity index (χ4v) is 2.20. The second kappa shape index (κ2) is 5.07. The maximum atomic E-state index is 12.4. The summed E-state index contributed by atoms with van der Waals surface area (Å²) in [6.45, 7) is 4.02. The van der Waals surface area contributed by atoms with Gasteiger partial charge in [-0.3, -0.25) is 4.79 Å². The molecule has 0 saturated heterocycles. The van der Waals surface area contributed by atoms with E-state index in [1.54, 1.807) is 0 Å². The van der Waals surface area contributed by atoms with Gasteiger partial charge in [-0.25, -0.2) is 4.79 Å². The normalized spacial score (nSPS) is 13.4. The molecule has 1 heterocycles. The van der Waals surface area contributed by atoms with Crippen LogP contribution >= 0.6 is 0 Å². The van der Waals surface area contributed by atoms with Crippen LogP contribution in [0, 0.1) is 13.8 Å². The number of hydrogen-bond donors (Lipinski definition) is 1. The van der Waals surface area contributed by atoms with E-state index < -0.39 is 30.2 Å². The molecule has 0 spiro atoms. The first-order valence-corrected chi connectivity index (χ1v) is 5.57. The summed E-state index contributed by atoms with van der Waals surface area (Å²) in [6, 6.07) is -0.102. The molecule has 1 rings (SSSR count). The number of aryl methyl sites for hydroxylation is 1. The zero-order valence-corrected chi connectivity index (χ0v) is 10.7. The molecule has 106 valence electrons. The lowest BCUT2D eigenvalue weighted by molar-refractivity contribution is -0.141. The molecule has 19 heavy (non-hydrogen) atoms. The number of alkyl halides is 3. The maximum absolute atomic E-state index is 12.4. The van der Waals surface area contributed by atoms with Gasteiger partial charge in [-0.1, -0.05) is 0 Å². The third kappa shape index (κ3) is 3.36. The Morgan fingerprint density at radius 1 is 1.42 bits per heavy atom. The van der Waals surface area contributed by atoms with Gasteiger partial charge in [0.2, 0.25) is 0 Å². The van der Waals surface area contributed by atoms with Gasteiger partial charge in [0.05, 0.1) is 12.0 Å². The fourth-order valence-electron chi connectivity index (χ4n) is 2.20. The Balaban J connectivity index is 3.40. The van der Waals surface area contributed by atoms with Crippen molar-refractivity contribution in [1.82, 2.24) is 4.57 Å². The highest BCUT2D eigenvalue weighted by Gasteiger charge is 2.32. The minimum atomic E-state index is -4.42. The van der Waals surface area contributed by atoms with Crippen molar-refractivity contribution in [2.45, 2.75) is 39.4 Å². The van der Waals surface area contributed by atoms with E-state index >= 15 is 0 Å². The molecule has 7 heteroatoms. The van der Waals surface area contributed by atoms with E-state index in [0.717, 1.165) is 10.6 Å². The molecule has 1 atom stereocenters. The van der Waals surface area contributed by atoms with Crippen molar-refractivity contribution < 1.29 is 23.1 Å². The fraction of sp³-hybridized carbons (Fsp3) is 0.500. The van der Waals surface area contributed by atoms with Crippen LogP contribution in [0.5, 0.6) is 0 Å². The topological polar surface area (TPSA) is 59.3 Å². The van der Waals surface area contributed by atoms with Crippen LogP contribution in [0.3, 0.4) is 0 Å². The summed E-state index contributed by atoms with van der Waals surface area (Å²) in [6.07, 6.45) is -5.60. The van der Waals surface area contributed by atoms with E-state index in [4.69, 9.17) is 5.11 Å². The van der Waals surface area contributed by atoms with Gasteiger partial charge in [0.1, 0.15) is 0 Å². The molecule has 1 N–H and O–H groups in total. The average Bonchev–Trinajstić information content (AvgIpc) is 2.11. The lowest BCUT2D eigenvalue weighted by atomic mass is 10.1. The molecule has 0 bridgehead atoms. The monoisotopic (exact) mass is 277 g/mol. The van der Waals surface area contributed by atoms with Gasteiger partial charge in [-0.2, -0.15) is 13.2 Å². The van der Waals surface area contributed by atoms with Crippen LogP contribution < -0.4 is 5.56 Å². The van der Waals surface area contributed by atoms with Gasteiger partial charge < -0.3 is 9.67 Å². The molecular formula is C12H14F3NO3. The highest BCUT2D eigenvalue weighted by atomic mass is 19.4. The minimum Gasteiger partial charge on any atom is -0.478 e. The average molecular weight is 277 g/mol. The molecule has 1 aromatic heterocycles. The Morgan fingerprint density at radius 2 is 1.95 bits per heavy atom. The minimum absolute atomic E-state index is 0.0363. The molecule has 0 saturated carbocycles. The number of aromatic carboxylic acids is 1. The van der Waals surface area contributed by atoms with Crippen molar-refractivity contribution >= 4 is 5.97 Å². The highest BCUT2D eigenvalue weighted by Crippen LogP contribution is 2.28. The number of nitrogens with zero attached hydrogens (tertiary/aromatic N) is 1. The van der Waals surface area contributed by atoms with Crippen LogP contribution in [0.1, 0.15) is 41.0 Å². The highest BCUT2D eigenvalue weighted by molar-refractivity contribution is 5.90. The van der Waals surface area contributed by atoms with Gasteiger partial charge in [0.15, 0.2) is 0 Å². The Bertz CT molecular complexity index is 561. The molecule has 0 fully saturated rings. The molecule has 0 aromatic carbocycles. The van der Waals surface area contributed by atoms with Crippen molar-refractivity contribution in [2.24, 2.45) is 0 Å². The zero-order chi connectivity index (χ0) is 15.0. The molecule has 0 aliphatic carbocycles. The van der Waals surface area contributed by atoms with E-state index in [9.17, 15) is 22.8 Å². The SMILES string of the molecule is Cc1cc(=O)n(C(C)CC(F)(F)F)c(C)c1C(=O)O. The van der Waals surface area contributed by atoms with Crippen LogP contribution in [0.25, 0.3) is 0 Å². The van der Waals surface area contributed by atoms with Crippen LogP contribution in [-0.2, 0) is 0 Å². The van der Waals surface area contributed by atoms with Gasteiger partial charge in [-0.15, -0.1) is 0 Å². The predicted molar refractivity (Wildman–Crippen MR) is 62.5 cm³/mol. The van der Waals surface area contributed by atoms with Crippen molar-refractivity contribution in [3.63, 3.8) is 0 Å². The molecule has 1 unspecified atom stereocenters. The number of carbonyl (C=O) groups is 1. The van der Waals surface area contributed by atoms with Gasteiger partial charge in [0, 0.05) is 17.8 Å². The first kappa shape index (κ1) is 15.3. The number of carboxylic acid groups (broad SMARTS) is 1. The Hall–Kier alpha value is -1.79. The summed E-state index contributed by atoms with van der Waals surface area (Å²) in [5, 5.41) is 9.04. The first-order valence-electron chi connectivity index (χ1n) is 5.57. The second-order valence-electron chi connectivity index (χ2n) is 4.47. The molecule has 0 amide bonds. The third-order valence-electron chi connectivity index (χ3n) is 2.88. The number of halogens is 3. The molecule has 1 aromatic rings. The summed E-state index contributed by atoms with van der Waals surface area (Å²) in [5.41, 5.74) is -0.481. The van der Waals surface area contributed by atoms with Gasteiger partial charge in [-0.05, 0) is 26.3 Å². The standard InChI is InChI=1S/C12H14F3NO3/c1-6-4-9(17)16(7(2)5-12(13,14)15)8(3)10(6)11(18)19/h4,7H,5H2,1-3H3,(H,18,19). The molecule has 0 aliphatic heterocycles.